The van der Waals surface area contributed by atoms with Gasteiger partial charge in [0, 0.05) is 18.5 Å². The molecule has 0 aliphatic heterocycles. The minimum atomic E-state index is -0.320. The topological polar surface area (TPSA) is 25.4 Å². The number of aromatic nitrogens is 1. The van der Waals surface area contributed by atoms with Crippen LogP contribution >= 0.6 is 11.3 Å². The van der Waals surface area contributed by atoms with Gasteiger partial charge in [0.05, 0.1) is 11.2 Å². The fourth-order valence-electron chi connectivity index (χ4n) is 1.54. The van der Waals surface area contributed by atoms with Crippen LogP contribution in [0.1, 0.15) is 5.69 Å². The average Bonchev–Trinajstić information content (AvgIpc) is 2.84. The molecule has 0 saturated carbocycles. The molecule has 0 atom stereocenters. The second-order valence-electron chi connectivity index (χ2n) is 4.00. The van der Waals surface area contributed by atoms with Crippen LogP contribution in [0.3, 0.4) is 0 Å². The Labute approximate surface area is 110 Å². The molecule has 0 saturated heterocycles. The van der Waals surface area contributed by atoms with E-state index < -0.39 is 0 Å². The Morgan fingerprint density at radius 1 is 1.39 bits per heavy atom. The van der Waals surface area contributed by atoms with Crippen molar-refractivity contribution in [2.75, 3.05) is 20.2 Å². The van der Waals surface area contributed by atoms with Gasteiger partial charge in [0.2, 0.25) is 0 Å². The van der Waals surface area contributed by atoms with Gasteiger partial charge >= 0.3 is 0 Å². The minimum absolute atomic E-state index is 0.305. The quantitative estimate of drug-likeness (QED) is 0.804. The van der Waals surface area contributed by atoms with Crippen LogP contribution in [0.4, 0.5) is 4.39 Å². The summed E-state index contributed by atoms with van der Waals surface area (Å²) in [5.41, 5.74) is 2.87. The molecule has 3 nitrogen and oxygen atoms in total. The monoisotopic (exact) mass is 266 g/mol. The van der Waals surface area contributed by atoms with E-state index in [-0.39, 0.29) is 5.82 Å². The third-order valence-corrected chi connectivity index (χ3v) is 3.12. The van der Waals surface area contributed by atoms with Crippen molar-refractivity contribution >= 4 is 11.3 Å². The lowest BCUT2D eigenvalue weighted by molar-refractivity contribution is 0.225. The zero-order valence-corrected chi connectivity index (χ0v) is 11.0. The molecule has 2 rings (SSSR count). The van der Waals surface area contributed by atoms with E-state index in [1.54, 1.807) is 29.5 Å². The molecule has 0 bridgehead atoms. The summed E-state index contributed by atoms with van der Waals surface area (Å²) >= 11 is 1.59. The molecule has 0 spiro atoms. The Balaban J connectivity index is 1.74. The van der Waals surface area contributed by atoms with Crippen LogP contribution in [0, 0.1) is 5.82 Å². The van der Waals surface area contributed by atoms with Crippen LogP contribution in [0.2, 0.25) is 0 Å². The molecule has 0 aliphatic carbocycles. The molecular weight excluding hydrogens is 251 g/mol. The molecule has 18 heavy (non-hydrogen) atoms. The van der Waals surface area contributed by atoms with Crippen molar-refractivity contribution in [1.82, 2.24) is 9.88 Å². The zero-order valence-electron chi connectivity index (χ0n) is 10.2. The summed E-state index contributed by atoms with van der Waals surface area (Å²) in [6, 6.07) is 6.44. The highest BCUT2D eigenvalue weighted by Gasteiger charge is 2.04. The van der Waals surface area contributed by atoms with Gasteiger partial charge in [-0.1, -0.05) is 12.1 Å². The third-order valence-electron chi connectivity index (χ3n) is 2.48. The van der Waals surface area contributed by atoms with Crippen LogP contribution in [-0.2, 0) is 6.54 Å². The number of halogens is 1. The first-order chi connectivity index (χ1) is 8.75. The molecule has 0 aliphatic rings. The summed E-state index contributed by atoms with van der Waals surface area (Å²) in [7, 11) is 1.99. The van der Waals surface area contributed by atoms with E-state index in [0.717, 1.165) is 18.8 Å². The first-order valence-electron chi connectivity index (χ1n) is 5.68. The van der Waals surface area contributed by atoms with E-state index >= 15 is 0 Å². The second-order valence-corrected chi connectivity index (χ2v) is 4.72. The van der Waals surface area contributed by atoms with Crippen LogP contribution in [-0.4, -0.2) is 30.1 Å². The van der Waals surface area contributed by atoms with Gasteiger partial charge in [-0.05, 0) is 19.2 Å². The van der Waals surface area contributed by atoms with E-state index in [4.69, 9.17) is 4.74 Å². The van der Waals surface area contributed by atoms with Crippen molar-refractivity contribution in [2.45, 2.75) is 6.54 Å². The highest BCUT2D eigenvalue weighted by molar-refractivity contribution is 7.07. The molecule has 0 radical (unpaired) electrons. The van der Waals surface area contributed by atoms with Crippen LogP contribution in [0.15, 0.2) is 35.2 Å². The minimum Gasteiger partial charge on any atom is -0.489 e. The standard InChI is InChI=1S/C13H15FN2OS/c1-16(8-11-9-18-10-15-11)6-7-17-13-5-3-2-4-12(13)14/h2-5,9-10H,6-8H2,1H3. The normalized spacial score (nSPS) is 10.8. The number of thiazole rings is 1. The highest BCUT2D eigenvalue weighted by Crippen LogP contribution is 2.15. The van der Waals surface area contributed by atoms with Crippen molar-refractivity contribution in [2.24, 2.45) is 0 Å². The molecular formula is C13H15FN2OS. The van der Waals surface area contributed by atoms with Crippen LogP contribution < -0.4 is 4.74 Å². The molecule has 5 heteroatoms. The predicted octanol–water partition coefficient (Wildman–Crippen LogP) is 2.79. The molecule has 0 fully saturated rings. The summed E-state index contributed by atoms with van der Waals surface area (Å²) in [6.07, 6.45) is 0. The van der Waals surface area contributed by atoms with Gasteiger partial charge in [-0.25, -0.2) is 9.37 Å². The van der Waals surface area contributed by atoms with Gasteiger partial charge in [0.1, 0.15) is 6.61 Å². The van der Waals surface area contributed by atoms with Gasteiger partial charge < -0.3 is 4.74 Å². The fourth-order valence-corrected chi connectivity index (χ4v) is 2.09. The van der Waals surface area contributed by atoms with Crippen molar-refractivity contribution in [3.8, 4) is 5.75 Å². The SMILES string of the molecule is CN(CCOc1ccccc1F)Cc1cscn1. The Bertz CT molecular complexity index is 476. The molecule has 1 heterocycles. The molecule has 96 valence electrons. The lowest BCUT2D eigenvalue weighted by atomic mass is 10.3. The highest BCUT2D eigenvalue weighted by atomic mass is 32.1. The Kier molecular flexibility index (Phi) is 4.66. The summed E-state index contributed by atoms with van der Waals surface area (Å²) in [4.78, 5) is 6.31. The van der Waals surface area contributed by atoms with Crippen LogP contribution in [0.5, 0.6) is 5.75 Å². The number of hydrogen-bond donors (Lipinski definition) is 0. The van der Waals surface area contributed by atoms with E-state index in [2.05, 4.69) is 9.88 Å². The van der Waals surface area contributed by atoms with Crippen molar-refractivity contribution in [1.29, 1.82) is 0 Å². The Hall–Kier alpha value is -1.46. The van der Waals surface area contributed by atoms with Gasteiger partial charge in [-0.3, -0.25) is 4.90 Å². The zero-order chi connectivity index (χ0) is 12.8. The van der Waals surface area contributed by atoms with E-state index in [0.29, 0.717) is 12.4 Å². The van der Waals surface area contributed by atoms with E-state index in [1.165, 1.54) is 6.07 Å². The largest absolute Gasteiger partial charge is 0.489 e. The van der Waals surface area contributed by atoms with E-state index in [1.807, 2.05) is 17.9 Å². The number of likely N-dealkylation sites (N-methyl/N-ethyl adjacent to an activating group) is 1. The third kappa shape index (κ3) is 3.78. The van der Waals surface area contributed by atoms with Gasteiger partial charge in [-0.2, -0.15) is 0 Å². The average molecular weight is 266 g/mol. The maximum Gasteiger partial charge on any atom is 0.165 e. The van der Waals surface area contributed by atoms with Crippen LogP contribution in [0.25, 0.3) is 0 Å². The second kappa shape index (κ2) is 6.47. The smallest absolute Gasteiger partial charge is 0.165 e. The molecule has 0 unspecified atom stereocenters. The van der Waals surface area contributed by atoms with Gasteiger partial charge in [0.25, 0.3) is 0 Å². The maximum atomic E-state index is 13.3. The number of hydrogen-bond acceptors (Lipinski definition) is 4. The van der Waals surface area contributed by atoms with Gasteiger partial charge in [-0.15, -0.1) is 11.3 Å². The molecule has 0 N–H and O–H groups in total. The molecule has 2 aromatic rings. The van der Waals surface area contributed by atoms with Gasteiger partial charge in [0.15, 0.2) is 11.6 Å². The summed E-state index contributed by atoms with van der Waals surface area (Å²) in [5.74, 6) is -0.0146. The lowest BCUT2D eigenvalue weighted by Gasteiger charge is -2.15. The first kappa shape index (κ1) is 13.0. The van der Waals surface area contributed by atoms with Crippen molar-refractivity contribution in [3.63, 3.8) is 0 Å². The molecule has 1 aromatic heterocycles. The maximum absolute atomic E-state index is 13.3. The summed E-state index contributed by atoms with van der Waals surface area (Å²) in [6.45, 7) is 1.97. The number of nitrogens with zero attached hydrogens (tertiary/aromatic N) is 2. The summed E-state index contributed by atoms with van der Waals surface area (Å²) < 4.78 is 18.7. The summed E-state index contributed by atoms with van der Waals surface area (Å²) in [5, 5.41) is 2.02. The molecule has 0 amide bonds. The first-order valence-corrected chi connectivity index (χ1v) is 6.63. The number of benzene rings is 1. The Morgan fingerprint density at radius 2 is 2.22 bits per heavy atom. The number of rotatable bonds is 6. The van der Waals surface area contributed by atoms with E-state index in [9.17, 15) is 4.39 Å². The molecule has 1 aromatic carbocycles. The number of ether oxygens (including phenoxy) is 1. The number of para-hydroxylation sites is 1. The van der Waals surface area contributed by atoms with Crippen molar-refractivity contribution < 1.29 is 9.13 Å². The lowest BCUT2D eigenvalue weighted by Crippen LogP contribution is -2.24. The predicted molar refractivity (Wildman–Crippen MR) is 70.3 cm³/mol. The van der Waals surface area contributed by atoms with Crippen molar-refractivity contribution in [3.05, 3.63) is 46.7 Å². The Morgan fingerprint density at radius 3 is 2.94 bits per heavy atom. The fraction of sp³-hybridized carbons (Fsp3) is 0.308.